The third-order valence-electron chi connectivity index (χ3n) is 2.70. The summed E-state index contributed by atoms with van der Waals surface area (Å²) in [6.45, 7) is 3.92. The number of nitrogens with one attached hydrogen (secondary N) is 2. The number of carbonyl (C=O) groups excluding carboxylic acids is 1. The van der Waals surface area contributed by atoms with Crippen LogP contribution in [0.3, 0.4) is 0 Å². The van der Waals surface area contributed by atoms with E-state index >= 15 is 0 Å². The van der Waals surface area contributed by atoms with Gasteiger partial charge in [0.05, 0.1) is 6.04 Å². The first-order chi connectivity index (χ1) is 8.45. The van der Waals surface area contributed by atoms with E-state index in [1.165, 1.54) is 6.08 Å². The van der Waals surface area contributed by atoms with Gasteiger partial charge in [0.15, 0.2) is 0 Å². The van der Waals surface area contributed by atoms with E-state index in [0.29, 0.717) is 0 Å². The van der Waals surface area contributed by atoms with Crippen LogP contribution in [0.5, 0.6) is 0 Å². The van der Waals surface area contributed by atoms with Crippen molar-refractivity contribution in [1.29, 1.82) is 0 Å². The molecule has 0 spiro atoms. The van der Waals surface area contributed by atoms with Crippen LogP contribution in [0.25, 0.3) is 0 Å². The Morgan fingerprint density at radius 3 is 2.39 bits per heavy atom. The molecule has 1 atom stereocenters. The third kappa shape index (κ3) is 2.51. The quantitative estimate of drug-likeness (QED) is 0.742. The normalized spacial score (nSPS) is 18.7. The van der Waals surface area contributed by atoms with Crippen molar-refractivity contribution in [1.82, 2.24) is 10.6 Å². The zero-order valence-corrected chi connectivity index (χ0v) is 10.2. The first kappa shape index (κ1) is 12.2. The first-order valence-electron chi connectivity index (χ1n) is 5.56. The van der Waals surface area contributed by atoms with E-state index in [1.54, 1.807) is 0 Å². The van der Waals surface area contributed by atoms with Crippen molar-refractivity contribution in [3.05, 3.63) is 46.7 Å². The molecule has 0 aliphatic carbocycles. The van der Waals surface area contributed by atoms with Gasteiger partial charge in [0.25, 0.3) is 0 Å². The van der Waals surface area contributed by atoms with Gasteiger partial charge < -0.3 is 15.7 Å². The van der Waals surface area contributed by atoms with Crippen molar-refractivity contribution in [3.63, 3.8) is 0 Å². The van der Waals surface area contributed by atoms with Gasteiger partial charge in [-0.15, -0.1) is 0 Å². The minimum Gasteiger partial charge on any atom is -0.477 e. The Balaban J connectivity index is 2.40. The Labute approximate surface area is 105 Å². The van der Waals surface area contributed by atoms with Crippen LogP contribution in [0.15, 0.2) is 30.0 Å². The largest absolute Gasteiger partial charge is 0.477 e. The van der Waals surface area contributed by atoms with Gasteiger partial charge in [0.2, 0.25) is 0 Å². The highest BCUT2D eigenvalue weighted by molar-refractivity contribution is 5.93. The molecule has 0 radical (unpaired) electrons. The maximum absolute atomic E-state index is 11.4. The Bertz CT molecular complexity index is 529. The Hall–Kier alpha value is -2.30. The van der Waals surface area contributed by atoms with Gasteiger partial charge in [-0.1, -0.05) is 29.3 Å². The fraction of sp³-hybridized carbons (Fsp3) is 0.231. The number of amides is 2. The van der Waals surface area contributed by atoms with E-state index in [2.05, 4.69) is 10.6 Å². The topological polar surface area (TPSA) is 78.4 Å². The van der Waals surface area contributed by atoms with Gasteiger partial charge in [-0.2, -0.15) is 0 Å². The summed E-state index contributed by atoms with van der Waals surface area (Å²) in [6.07, 6.45) is 1.50. The average Bonchev–Trinajstić information content (AvgIpc) is 2.26. The Morgan fingerprint density at radius 2 is 1.83 bits per heavy atom. The van der Waals surface area contributed by atoms with Gasteiger partial charge >= 0.3 is 12.0 Å². The van der Waals surface area contributed by atoms with Crippen LogP contribution in [0.1, 0.15) is 22.7 Å². The smallest absolute Gasteiger partial charge is 0.352 e. The lowest BCUT2D eigenvalue weighted by molar-refractivity contribution is -0.133. The highest BCUT2D eigenvalue weighted by atomic mass is 16.4. The lowest BCUT2D eigenvalue weighted by Crippen LogP contribution is -2.43. The molecule has 0 saturated carbocycles. The molecule has 1 aliphatic rings. The molecular weight excluding hydrogens is 232 g/mol. The van der Waals surface area contributed by atoms with Crippen molar-refractivity contribution in [2.75, 3.05) is 0 Å². The number of carboxylic acids is 1. The highest BCUT2D eigenvalue weighted by Crippen LogP contribution is 2.21. The molecule has 1 aliphatic heterocycles. The number of carboxylic acid groups (broad SMARTS) is 1. The maximum atomic E-state index is 11.4. The second-order valence-electron chi connectivity index (χ2n) is 4.38. The van der Waals surface area contributed by atoms with Crippen molar-refractivity contribution in [2.24, 2.45) is 0 Å². The number of aliphatic carboxylic acids is 1. The molecule has 0 saturated heterocycles. The third-order valence-corrected chi connectivity index (χ3v) is 2.70. The molecule has 2 amide bonds. The molecule has 0 bridgehead atoms. The van der Waals surface area contributed by atoms with Crippen molar-refractivity contribution >= 4 is 12.0 Å². The number of carbonyl (C=O) groups is 2. The Morgan fingerprint density at radius 1 is 1.22 bits per heavy atom. The minimum atomic E-state index is -1.14. The van der Waals surface area contributed by atoms with Gasteiger partial charge in [-0.25, -0.2) is 9.59 Å². The highest BCUT2D eigenvalue weighted by Gasteiger charge is 2.23. The zero-order chi connectivity index (χ0) is 13.3. The van der Waals surface area contributed by atoms with Gasteiger partial charge in [0, 0.05) is 0 Å². The standard InChI is InChI=1S/C13H14N2O3/c1-7-3-8(2)5-9(4-7)10-6-11(12(16)17)15-13(18)14-10/h3-6,10H,1-2H3,(H,16,17)(H2,14,15,18). The van der Waals surface area contributed by atoms with Crippen LogP contribution in [-0.2, 0) is 4.79 Å². The van der Waals surface area contributed by atoms with E-state index < -0.39 is 18.0 Å². The number of aryl methyl sites for hydroxylation is 2. The van der Waals surface area contributed by atoms with Crippen LogP contribution < -0.4 is 10.6 Å². The summed E-state index contributed by atoms with van der Waals surface area (Å²) in [5.74, 6) is -1.14. The summed E-state index contributed by atoms with van der Waals surface area (Å²) in [5.41, 5.74) is 2.93. The molecule has 5 nitrogen and oxygen atoms in total. The second kappa shape index (κ2) is 4.52. The van der Waals surface area contributed by atoms with E-state index in [9.17, 15) is 9.59 Å². The van der Waals surface area contributed by atoms with E-state index in [4.69, 9.17) is 5.11 Å². The summed E-state index contributed by atoms with van der Waals surface area (Å²) in [5, 5.41) is 13.9. The number of urea groups is 1. The first-order valence-corrected chi connectivity index (χ1v) is 5.56. The molecule has 1 aromatic rings. The number of hydrogen-bond donors (Lipinski definition) is 3. The summed E-state index contributed by atoms with van der Waals surface area (Å²) >= 11 is 0. The molecule has 0 aromatic heterocycles. The Kier molecular flexibility index (Phi) is 3.06. The summed E-state index contributed by atoms with van der Waals surface area (Å²) < 4.78 is 0. The van der Waals surface area contributed by atoms with Crippen molar-refractivity contribution in [2.45, 2.75) is 19.9 Å². The van der Waals surface area contributed by atoms with Gasteiger partial charge in [-0.3, -0.25) is 0 Å². The fourth-order valence-corrected chi connectivity index (χ4v) is 2.04. The van der Waals surface area contributed by atoms with Crippen LogP contribution in [-0.4, -0.2) is 17.1 Å². The monoisotopic (exact) mass is 246 g/mol. The number of benzene rings is 1. The molecule has 3 N–H and O–H groups in total. The van der Waals surface area contributed by atoms with Gasteiger partial charge in [-0.05, 0) is 25.5 Å². The average molecular weight is 246 g/mol. The van der Waals surface area contributed by atoms with Crippen LogP contribution >= 0.6 is 0 Å². The number of rotatable bonds is 2. The van der Waals surface area contributed by atoms with Gasteiger partial charge in [0.1, 0.15) is 5.70 Å². The predicted octanol–water partition coefficient (Wildman–Crippen LogP) is 1.63. The van der Waals surface area contributed by atoms with E-state index in [-0.39, 0.29) is 5.70 Å². The maximum Gasteiger partial charge on any atom is 0.352 e. The van der Waals surface area contributed by atoms with Crippen molar-refractivity contribution in [3.8, 4) is 0 Å². The minimum absolute atomic E-state index is 0.0945. The fourth-order valence-electron chi connectivity index (χ4n) is 2.04. The van der Waals surface area contributed by atoms with E-state index in [0.717, 1.165) is 16.7 Å². The zero-order valence-electron chi connectivity index (χ0n) is 10.2. The molecule has 0 fully saturated rings. The predicted molar refractivity (Wildman–Crippen MR) is 66.0 cm³/mol. The SMILES string of the molecule is Cc1cc(C)cc(C2C=C(C(=O)O)NC(=O)N2)c1. The lowest BCUT2D eigenvalue weighted by atomic mass is 10.00. The summed E-state index contributed by atoms with van der Waals surface area (Å²) in [4.78, 5) is 22.3. The molecule has 1 unspecified atom stereocenters. The molecule has 2 rings (SSSR count). The molecule has 1 aromatic carbocycles. The van der Waals surface area contributed by atoms with Crippen LogP contribution in [0, 0.1) is 13.8 Å². The number of hydrogen-bond acceptors (Lipinski definition) is 2. The molecule has 94 valence electrons. The molecule has 5 heteroatoms. The lowest BCUT2D eigenvalue weighted by Gasteiger charge is -2.22. The van der Waals surface area contributed by atoms with Crippen LogP contribution in [0.2, 0.25) is 0 Å². The summed E-state index contributed by atoms with van der Waals surface area (Å²) in [6, 6.07) is 4.97. The van der Waals surface area contributed by atoms with Crippen molar-refractivity contribution < 1.29 is 14.7 Å². The molecular formula is C13H14N2O3. The summed E-state index contributed by atoms with van der Waals surface area (Å²) in [7, 11) is 0. The molecule has 18 heavy (non-hydrogen) atoms. The molecule has 1 heterocycles. The second-order valence-corrected chi connectivity index (χ2v) is 4.38. The van der Waals surface area contributed by atoms with E-state index in [1.807, 2.05) is 32.0 Å². The van der Waals surface area contributed by atoms with Crippen LogP contribution in [0.4, 0.5) is 4.79 Å².